The molecule has 7 rings (SSSR count). The smallest absolute Gasteiger partial charge is 0.226 e. The molecule has 1 aliphatic heterocycles. The fourth-order valence-corrected chi connectivity index (χ4v) is 7.85. The number of phenols is 2. The number of aromatic hydroxyl groups is 2. The molecule has 0 radical (unpaired) electrons. The highest BCUT2D eigenvalue weighted by Crippen LogP contribution is 2.36. The molecule has 2 aromatic heterocycles. The van der Waals surface area contributed by atoms with Gasteiger partial charge >= 0.3 is 0 Å². The van der Waals surface area contributed by atoms with E-state index in [2.05, 4.69) is 57.8 Å². The number of aromatic nitrogens is 1. The molecule has 4 aromatic carbocycles. The average molecular weight is 743 g/mol. The Morgan fingerprint density at radius 1 is 0.873 bits per heavy atom. The van der Waals surface area contributed by atoms with Gasteiger partial charge in [0.2, 0.25) is 12.3 Å². The van der Waals surface area contributed by atoms with Gasteiger partial charge in [-0.2, -0.15) is 0 Å². The van der Waals surface area contributed by atoms with Crippen LogP contribution in [0.1, 0.15) is 54.4 Å². The zero-order valence-electron chi connectivity index (χ0n) is 31.7. The standard InChI is InChI=1S/C45H50N4O6/c1-31(5-18-44(53)46-30-50)41-29-55-43-17-8-33(26-40(41)43)4-3-19-47-20-22-48(23-21-47)24-25-54-38-14-6-34(7-15-38)28-49-42-16-13-37(52)27-39(42)32(2)45(49)35-9-11-36(51)12-10-35/h6-17,26-27,29-31,51-52H,3-5,18-25,28H2,1-2H3,(H,46,50,53). The number of phenolic OH excluding ortho intramolecular Hbond substituents is 2. The third-order valence-corrected chi connectivity index (χ3v) is 11.0. The van der Waals surface area contributed by atoms with Crippen LogP contribution in [0.5, 0.6) is 17.2 Å². The fourth-order valence-electron chi connectivity index (χ4n) is 7.85. The first-order valence-electron chi connectivity index (χ1n) is 19.3. The van der Waals surface area contributed by atoms with Gasteiger partial charge in [-0.1, -0.05) is 25.1 Å². The number of nitrogens with zero attached hydrogens (tertiary/aromatic N) is 3. The minimum Gasteiger partial charge on any atom is -0.508 e. The van der Waals surface area contributed by atoms with Crippen LogP contribution in [-0.4, -0.2) is 82.8 Å². The van der Waals surface area contributed by atoms with Crippen molar-refractivity contribution in [3.63, 3.8) is 0 Å². The summed E-state index contributed by atoms with van der Waals surface area (Å²) in [6.07, 6.45) is 5.27. The lowest BCUT2D eigenvalue weighted by Gasteiger charge is -2.34. The number of aryl methyl sites for hydroxylation is 2. The maximum Gasteiger partial charge on any atom is 0.226 e. The summed E-state index contributed by atoms with van der Waals surface area (Å²) in [5.41, 5.74) is 8.60. The number of rotatable bonds is 16. The van der Waals surface area contributed by atoms with Crippen LogP contribution in [0.25, 0.3) is 33.1 Å². The summed E-state index contributed by atoms with van der Waals surface area (Å²) in [5.74, 6) is 1.22. The van der Waals surface area contributed by atoms with Gasteiger partial charge in [0.05, 0.1) is 12.0 Å². The summed E-state index contributed by atoms with van der Waals surface area (Å²) >= 11 is 0. The average Bonchev–Trinajstić information content (AvgIpc) is 3.73. The lowest BCUT2D eigenvalue weighted by Crippen LogP contribution is -2.47. The molecule has 10 heteroatoms. The number of benzene rings is 4. The van der Waals surface area contributed by atoms with Gasteiger partial charge in [-0.15, -0.1) is 0 Å². The van der Waals surface area contributed by atoms with Crippen molar-refractivity contribution in [3.8, 4) is 28.5 Å². The number of amides is 2. The highest BCUT2D eigenvalue weighted by Gasteiger charge is 2.19. The number of hydrogen-bond donors (Lipinski definition) is 3. The summed E-state index contributed by atoms with van der Waals surface area (Å²) in [6.45, 7) is 11.6. The van der Waals surface area contributed by atoms with E-state index >= 15 is 0 Å². The largest absolute Gasteiger partial charge is 0.508 e. The second-order valence-electron chi connectivity index (χ2n) is 14.7. The molecule has 0 bridgehead atoms. The van der Waals surface area contributed by atoms with Gasteiger partial charge in [-0.3, -0.25) is 19.8 Å². The molecule has 0 spiro atoms. The lowest BCUT2D eigenvalue weighted by atomic mass is 9.94. The highest BCUT2D eigenvalue weighted by atomic mass is 16.5. The molecule has 286 valence electrons. The Labute approximate surface area is 321 Å². The Hall–Kier alpha value is -5.58. The topological polar surface area (TPSA) is 120 Å². The van der Waals surface area contributed by atoms with Crippen molar-refractivity contribution in [2.24, 2.45) is 0 Å². The van der Waals surface area contributed by atoms with Gasteiger partial charge in [0.15, 0.2) is 0 Å². The minimum absolute atomic E-state index is 0.147. The van der Waals surface area contributed by atoms with Crippen molar-refractivity contribution >= 4 is 34.2 Å². The molecule has 1 unspecified atom stereocenters. The number of carbonyl (C=O) groups is 2. The van der Waals surface area contributed by atoms with E-state index in [0.717, 1.165) is 108 Å². The van der Waals surface area contributed by atoms with Crippen LogP contribution in [0.15, 0.2) is 95.6 Å². The van der Waals surface area contributed by atoms with Gasteiger partial charge in [-0.25, -0.2) is 0 Å². The van der Waals surface area contributed by atoms with Gasteiger partial charge in [0, 0.05) is 67.5 Å². The molecule has 0 aliphatic carbocycles. The van der Waals surface area contributed by atoms with Gasteiger partial charge < -0.3 is 28.8 Å². The molecule has 2 amide bonds. The zero-order chi connectivity index (χ0) is 38.3. The molecule has 6 aromatic rings. The zero-order valence-corrected chi connectivity index (χ0v) is 31.7. The molecule has 1 fully saturated rings. The van der Waals surface area contributed by atoms with E-state index < -0.39 is 0 Å². The quantitative estimate of drug-likeness (QED) is 0.0868. The fraction of sp³-hybridized carbons (Fsp3) is 0.333. The monoisotopic (exact) mass is 742 g/mol. The van der Waals surface area contributed by atoms with E-state index in [4.69, 9.17) is 9.15 Å². The van der Waals surface area contributed by atoms with E-state index in [1.54, 1.807) is 24.5 Å². The van der Waals surface area contributed by atoms with Crippen LogP contribution in [0.4, 0.5) is 0 Å². The number of hydrogen-bond acceptors (Lipinski definition) is 8. The van der Waals surface area contributed by atoms with Crippen LogP contribution in [0, 0.1) is 6.92 Å². The third kappa shape index (κ3) is 9.04. The van der Waals surface area contributed by atoms with Gasteiger partial charge in [0.1, 0.15) is 29.4 Å². The number of furan rings is 1. The third-order valence-electron chi connectivity index (χ3n) is 11.0. The second kappa shape index (κ2) is 17.3. The molecule has 10 nitrogen and oxygen atoms in total. The first kappa shape index (κ1) is 37.7. The Morgan fingerprint density at radius 2 is 1.58 bits per heavy atom. The van der Waals surface area contributed by atoms with Crippen molar-refractivity contribution in [1.82, 2.24) is 19.7 Å². The van der Waals surface area contributed by atoms with Crippen LogP contribution in [-0.2, 0) is 22.6 Å². The van der Waals surface area contributed by atoms with Crippen LogP contribution in [0.3, 0.4) is 0 Å². The molecule has 55 heavy (non-hydrogen) atoms. The van der Waals surface area contributed by atoms with Crippen molar-refractivity contribution in [2.45, 2.75) is 52.0 Å². The summed E-state index contributed by atoms with van der Waals surface area (Å²) in [6, 6.07) is 27.5. The van der Waals surface area contributed by atoms with E-state index in [1.807, 2.05) is 42.5 Å². The SMILES string of the molecule is Cc1c(-c2ccc(O)cc2)n(Cc2ccc(OCCN3CCN(CCCc4ccc5occ(C(C)CCC(=O)NC=O)c5c4)CC3)cc2)c2ccc(O)cc12. The first-order valence-corrected chi connectivity index (χ1v) is 19.3. The second-order valence-corrected chi connectivity index (χ2v) is 14.7. The van der Waals surface area contributed by atoms with Gasteiger partial charge in [0.25, 0.3) is 0 Å². The van der Waals surface area contributed by atoms with E-state index in [1.165, 1.54) is 5.56 Å². The number of ether oxygens (including phenoxy) is 1. The van der Waals surface area contributed by atoms with Crippen molar-refractivity contribution < 1.29 is 29.0 Å². The van der Waals surface area contributed by atoms with Gasteiger partial charge in [-0.05, 0) is 128 Å². The summed E-state index contributed by atoms with van der Waals surface area (Å²) in [4.78, 5) is 27.3. The van der Waals surface area contributed by atoms with E-state index in [-0.39, 0.29) is 23.3 Å². The Bertz CT molecular complexity index is 2230. The summed E-state index contributed by atoms with van der Waals surface area (Å²) < 4.78 is 14.3. The van der Waals surface area contributed by atoms with Crippen LogP contribution >= 0.6 is 0 Å². The Morgan fingerprint density at radius 3 is 2.33 bits per heavy atom. The molecule has 1 saturated heterocycles. The number of carbonyl (C=O) groups excluding carboxylic acids is 2. The number of nitrogens with one attached hydrogen (secondary N) is 1. The summed E-state index contributed by atoms with van der Waals surface area (Å²) in [7, 11) is 0. The minimum atomic E-state index is -0.257. The normalized spacial score (nSPS) is 14.4. The van der Waals surface area contributed by atoms with Crippen molar-refractivity contribution in [1.29, 1.82) is 0 Å². The molecular weight excluding hydrogens is 693 g/mol. The number of fused-ring (bicyclic) bond motifs is 2. The maximum absolute atomic E-state index is 11.7. The van der Waals surface area contributed by atoms with E-state index in [0.29, 0.717) is 32.4 Å². The first-order chi connectivity index (χ1) is 26.7. The highest BCUT2D eigenvalue weighted by molar-refractivity contribution is 5.92. The Kier molecular flexibility index (Phi) is 11.8. The summed E-state index contributed by atoms with van der Waals surface area (Å²) in [5, 5.41) is 24.4. The molecule has 3 heterocycles. The van der Waals surface area contributed by atoms with Crippen LogP contribution in [0.2, 0.25) is 0 Å². The Balaban J connectivity index is 0.854. The molecule has 3 N–H and O–H groups in total. The van der Waals surface area contributed by atoms with Crippen molar-refractivity contribution in [2.75, 3.05) is 45.9 Å². The molecule has 0 saturated carbocycles. The number of imide groups is 1. The maximum atomic E-state index is 11.7. The van der Waals surface area contributed by atoms with Crippen molar-refractivity contribution in [3.05, 3.63) is 113 Å². The predicted molar refractivity (Wildman–Crippen MR) is 216 cm³/mol. The molecule has 1 aliphatic rings. The lowest BCUT2D eigenvalue weighted by molar-refractivity contribution is -0.125. The van der Waals surface area contributed by atoms with Crippen LogP contribution < -0.4 is 10.1 Å². The van der Waals surface area contributed by atoms with E-state index in [9.17, 15) is 19.8 Å². The molecule has 1 atom stereocenters. The predicted octanol–water partition coefficient (Wildman–Crippen LogP) is 7.61. The number of piperazine rings is 1. The molecular formula is C45H50N4O6.